The van der Waals surface area contributed by atoms with Crippen LogP contribution in [0.5, 0.6) is 17.2 Å². The van der Waals surface area contributed by atoms with Crippen molar-refractivity contribution in [2.24, 2.45) is 0 Å². The molecular weight excluding hydrogens is 340 g/mol. The number of nitrogens with one attached hydrogen (secondary N) is 1. The lowest BCUT2D eigenvalue weighted by Gasteiger charge is -2.28. The van der Waals surface area contributed by atoms with E-state index in [0.717, 1.165) is 49.0 Å². The summed E-state index contributed by atoms with van der Waals surface area (Å²) in [7, 11) is 5.06. The van der Waals surface area contributed by atoms with Gasteiger partial charge in [0.2, 0.25) is 0 Å². The summed E-state index contributed by atoms with van der Waals surface area (Å²) in [5, 5.41) is 3.62. The Hall–Kier alpha value is -2.24. The second-order valence-corrected chi connectivity index (χ2v) is 6.88. The Morgan fingerprint density at radius 2 is 1.44 bits per heavy atom. The molecule has 5 nitrogen and oxygen atoms in total. The number of hydrogen-bond donors (Lipinski definition) is 1. The summed E-state index contributed by atoms with van der Waals surface area (Å²) in [5.74, 6) is 2.53. The van der Waals surface area contributed by atoms with E-state index < -0.39 is 0 Å². The molecule has 1 aliphatic rings. The summed E-state index contributed by atoms with van der Waals surface area (Å²) in [6, 6.07) is 14.8. The lowest BCUT2D eigenvalue weighted by atomic mass is 10.0. The quantitative estimate of drug-likeness (QED) is 0.730. The van der Waals surface area contributed by atoms with E-state index in [-0.39, 0.29) is 0 Å². The van der Waals surface area contributed by atoms with Crippen molar-refractivity contribution in [2.45, 2.75) is 25.4 Å². The van der Waals surface area contributed by atoms with Gasteiger partial charge in [-0.05, 0) is 61.3 Å². The maximum absolute atomic E-state index is 5.37. The van der Waals surface area contributed by atoms with E-state index in [1.807, 2.05) is 30.3 Å². The Morgan fingerprint density at radius 1 is 0.852 bits per heavy atom. The summed E-state index contributed by atoms with van der Waals surface area (Å²) in [4.78, 5) is 2.57. The molecule has 0 bridgehead atoms. The number of likely N-dealkylation sites (tertiary alicyclic amines) is 1. The Labute approximate surface area is 162 Å². The number of ether oxygens (including phenoxy) is 3. The van der Waals surface area contributed by atoms with Gasteiger partial charge in [-0.1, -0.05) is 12.1 Å². The number of rotatable bonds is 9. The van der Waals surface area contributed by atoms with Crippen LogP contribution >= 0.6 is 0 Å². The summed E-state index contributed by atoms with van der Waals surface area (Å²) < 4.78 is 16.0. The van der Waals surface area contributed by atoms with Crippen molar-refractivity contribution in [1.29, 1.82) is 0 Å². The number of hydrogen-bond acceptors (Lipinski definition) is 5. The lowest BCUT2D eigenvalue weighted by molar-refractivity contribution is 0.238. The smallest absolute Gasteiger partial charge is 0.122 e. The van der Waals surface area contributed by atoms with Gasteiger partial charge in [0, 0.05) is 25.2 Å². The fraction of sp³-hybridized carbons (Fsp3) is 0.455. The molecule has 0 saturated carbocycles. The Morgan fingerprint density at radius 3 is 2.00 bits per heavy atom. The van der Waals surface area contributed by atoms with Crippen molar-refractivity contribution in [1.82, 2.24) is 10.2 Å². The topological polar surface area (TPSA) is 43.0 Å². The fourth-order valence-corrected chi connectivity index (χ4v) is 3.66. The molecule has 2 aromatic rings. The maximum atomic E-state index is 5.37. The summed E-state index contributed by atoms with van der Waals surface area (Å²) in [6.45, 7) is 3.98. The highest BCUT2D eigenvalue weighted by Crippen LogP contribution is 2.27. The standard InChI is InChI=1S/C22H30N2O3/c1-25-19-8-6-18(7-9-19)22(24-10-4-5-11-24)16-23-15-17-12-20(26-2)14-21(13-17)27-3/h6-9,12-14,22-23H,4-5,10-11,15-16H2,1-3H3/t22-/m0/s1. The summed E-state index contributed by atoms with van der Waals surface area (Å²) >= 11 is 0. The van der Waals surface area contributed by atoms with Crippen molar-refractivity contribution in [3.8, 4) is 17.2 Å². The third-order valence-electron chi connectivity index (χ3n) is 5.16. The molecule has 1 N–H and O–H groups in total. The molecule has 2 aromatic carbocycles. The average Bonchev–Trinajstić information content (AvgIpc) is 3.25. The first kappa shape index (κ1) is 19.5. The van der Waals surface area contributed by atoms with Gasteiger partial charge in [0.25, 0.3) is 0 Å². The molecule has 1 saturated heterocycles. The SMILES string of the molecule is COc1ccc([C@H](CNCc2cc(OC)cc(OC)c2)N2CCCC2)cc1. The fourth-order valence-electron chi connectivity index (χ4n) is 3.66. The van der Waals surface area contributed by atoms with Crippen molar-refractivity contribution < 1.29 is 14.2 Å². The second kappa shape index (κ2) is 9.62. The molecule has 1 fully saturated rings. The minimum absolute atomic E-state index is 0.367. The van der Waals surface area contributed by atoms with Crippen LogP contribution in [0.25, 0.3) is 0 Å². The predicted molar refractivity (Wildman–Crippen MR) is 108 cm³/mol. The molecule has 5 heteroatoms. The van der Waals surface area contributed by atoms with Gasteiger partial charge >= 0.3 is 0 Å². The van der Waals surface area contributed by atoms with Crippen LogP contribution in [0.15, 0.2) is 42.5 Å². The number of methoxy groups -OCH3 is 3. The van der Waals surface area contributed by atoms with Gasteiger partial charge < -0.3 is 19.5 Å². The Kier molecular flexibility index (Phi) is 6.96. The molecule has 27 heavy (non-hydrogen) atoms. The van der Waals surface area contributed by atoms with Gasteiger partial charge in [0.15, 0.2) is 0 Å². The van der Waals surface area contributed by atoms with Crippen LogP contribution in [0.2, 0.25) is 0 Å². The lowest BCUT2D eigenvalue weighted by Crippen LogP contribution is -2.34. The number of benzene rings is 2. The molecule has 1 aliphatic heterocycles. The highest BCUT2D eigenvalue weighted by Gasteiger charge is 2.23. The van der Waals surface area contributed by atoms with E-state index >= 15 is 0 Å². The highest BCUT2D eigenvalue weighted by molar-refractivity contribution is 5.38. The van der Waals surface area contributed by atoms with Crippen LogP contribution in [0.4, 0.5) is 0 Å². The van der Waals surface area contributed by atoms with Gasteiger partial charge in [-0.2, -0.15) is 0 Å². The predicted octanol–water partition coefficient (Wildman–Crippen LogP) is 3.64. The van der Waals surface area contributed by atoms with Crippen molar-refractivity contribution in [2.75, 3.05) is 41.0 Å². The molecular formula is C22H30N2O3. The first-order valence-corrected chi connectivity index (χ1v) is 9.54. The van der Waals surface area contributed by atoms with Crippen molar-refractivity contribution in [3.05, 3.63) is 53.6 Å². The van der Waals surface area contributed by atoms with Gasteiger partial charge in [-0.25, -0.2) is 0 Å². The van der Waals surface area contributed by atoms with Gasteiger partial charge in [0.1, 0.15) is 17.2 Å². The van der Waals surface area contributed by atoms with E-state index in [1.54, 1.807) is 21.3 Å². The van der Waals surface area contributed by atoms with Crippen molar-refractivity contribution >= 4 is 0 Å². The van der Waals surface area contributed by atoms with E-state index in [4.69, 9.17) is 14.2 Å². The summed E-state index contributed by atoms with van der Waals surface area (Å²) in [5.41, 5.74) is 2.48. The largest absolute Gasteiger partial charge is 0.497 e. The van der Waals surface area contributed by atoms with E-state index in [9.17, 15) is 0 Å². The molecule has 1 atom stereocenters. The normalized spacial score (nSPS) is 15.5. The minimum Gasteiger partial charge on any atom is -0.497 e. The molecule has 0 amide bonds. The van der Waals surface area contributed by atoms with E-state index in [1.165, 1.54) is 18.4 Å². The van der Waals surface area contributed by atoms with Crippen LogP contribution in [0, 0.1) is 0 Å². The van der Waals surface area contributed by atoms with Crippen LogP contribution in [-0.2, 0) is 6.54 Å². The van der Waals surface area contributed by atoms with Gasteiger partial charge in [-0.15, -0.1) is 0 Å². The van der Waals surface area contributed by atoms with Crippen molar-refractivity contribution in [3.63, 3.8) is 0 Å². The van der Waals surface area contributed by atoms with Gasteiger partial charge in [0.05, 0.1) is 21.3 Å². The van der Waals surface area contributed by atoms with E-state index in [0.29, 0.717) is 6.04 Å². The third kappa shape index (κ3) is 5.15. The zero-order valence-corrected chi connectivity index (χ0v) is 16.5. The first-order valence-electron chi connectivity index (χ1n) is 9.54. The number of nitrogens with zero attached hydrogens (tertiary/aromatic N) is 1. The second-order valence-electron chi connectivity index (χ2n) is 6.88. The molecule has 0 aliphatic carbocycles. The van der Waals surface area contributed by atoms with Crippen LogP contribution in [0.1, 0.15) is 30.0 Å². The molecule has 3 rings (SSSR count). The molecule has 0 aromatic heterocycles. The summed E-state index contributed by atoms with van der Waals surface area (Å²) in [6.07, 6.45) is 2.56. The third-order valence-corrected chi connectivity index (χ3v) is 5.16. The zero-order chi connectivity index (χ0) is 19.1. The molecule has 0 unspecified atom stereocenters. The Bertz CT molecular complexity index is 690. The van der Waals surface area contributed by atoms with E-state index in [2.05, 4.69) is 22.3 Å². The highest BCUT2D eigenvalue weighted by atomic mass is 16.5. The Balaban J connectivity index is 1.67. The molecule has 0 spiro atoms. The van der Waals surface area contributed by atoms with Crippen LogP contribution in [-0.4, -0.2) is 45.9 Å². The van der Waals surface area contributed by atoms with Crippen LogP contribution < -0.4 is 19.5 Å². The molecule has 0 radical (unpaired) electrons. The zero-order valence-electron chi connectivity index (χ0n) is 16.5. The first-order chi connectivity index (χ1) is 13.2. The van der Waals surface area contributed by atoms with Gasteiger partial charge in [-0.3, -0.25) is 4.90 Å². The average molecular weight is 370 g/mol. The monoisotopic (exact) mass is 370 g/mol. The van der Waals surface area contributed by atoms with Crippen LogP contribution in [0.3, 0.4) is 0 Å². The minimum atomic E-state index is 0.367. The maximum Gasteiger partial charge on any atom is 0.122 e. The molecule has 146 valence electrons. The molecule has 1 heterocycles.